The summed E-state index contributed by atoms with van der Waals surface area (Å²) in [4.78, 5) is 27.4. The lowest BCUT2D eigenvalue weighted by Crippen LogP contribution is -2.43. The number of likely N-dealkylation sites (tertiary alicyclic amines) is 1. The topological polar surface area (TPSA) is 67.2 Å². The van der Waals surface area contributed by atoms with Gasteiger partial charge in [0.1, 0.15) is 5.82 Å². The van der Waals surface area contributed by atoms with Gasteiger partial charge in [-0.3, -0.25) is 14.3 Å². The molecule has 0 bridgehead atoms. The fourth-order valence-corrected chi connectivity index (χ4v) is 3.58. The van der Waals surface area contributed by atoms with Crippen LogP contribution in [0.15, 0.2) is 23.6 Å². The molecule has 1 saturated heterocycles. The first-order valence-corrected chi connectivity index (χ1v) is 8.57. The second kappa shape index (κ2) is 6.54. The molecule has 2 aromatic rings. The lowest BCUT2D eigenvalue weighted by atomic mass is 9.97. The number of anilines is 1. The minimum atomic E-state index is -0.178. The van der Waals surface area contributed by atoms with Gasteiger partial charge in [0.2, 0.25) is 5.91 Å². The van der Waals surface area contributed by atoms with Gasteiger partial charge in [0, 0.05) is 26.2 Å². The van der Waals surface area contributed by atoms with Crippen molar-refractivity contribution < 1.29 is 9.59 Å². The predicted octanol–water partition coefficient (Wildman–Crippen LogP) is 2.28. The molecule has 0 aromatic carbocycles. The summed E-state index contributed by atoms with van der Waals surface area (Å²) in [6, 6.07) is 5.54. The van der Waals surface area contributed by atoms with Crippen LogP contribution in [-0.2, 0) is 11.8 Å². The van der Waals surface area contributed by atoms with Crippen molar-refractivity contribution >= 4 is 29.0 Å². The van der Waals surface area contributed by atoms with Gasteiger partial charge in [-0.1, -0.05) is 6.07 Å². The first-order valence-electron chi connectivity index (χ1n) is 7.69. The van der Waals surface area contributed by atoms with Crippen molar-refractivity contribution in [3.8, 4) is 0 Å². The Hall–Kier alpha value is -2.15. The van der Waals surface area contributed by atoms with Gasteiger partial charge in [-0.2, -0.15) is 5.10 Å². The molecule has 1 aliphatic rings. The van der Waals surface area contributed by atoms with Crippen LogP contribution in [0.3, 0.4) is 0 Å². The lowest BCUT2D eigenvalue weighted by Gasteiger charge is -2.31. The van der Waals surface area contributed by atoms with Crippen molar-refractivity contribution in [1.82, 2.24) is 14.7 Å². The van der Waals surface area contributed by atoms with E-state index in [2.05, 4.69) is 10.4 Å². The molecule has 0 saturated carbocycles. The maximum absolute atomic E-state index is 12.5. The Labute approximate surface area is 139 Å². The third-order valence-corrected chi connectivity index (χ3v) is 4.92. The van der Waals surface area contributed by atoms with E-state index < -0.39 is 0 Å². The molecule has 1 aliphatic heterocycles. The minimum absolute atomic E-state index is 0.0221. The molecule has 6 nitrogen and oxygen atoms in total. The summed E-state index contributed by atoms with van der Waals surface area (Å²) in [6.07, 6.45) is 1.65. The number of aryl methyl sites for hydroxylation is 2. The third-order valence-electron chi connectivity index (χ3n) is 4.06. The van der Waals surface area contributed by atoms with Gasteiger partial charge in [0.25, 0.3) is 5.91 Å². The van der Waals surface area contributed by atoms with Gasteiger partial charge in [0.05, 0.1) is 16.5 Å². The zero-order valence-corrected chi connectivity index (χ0v) is 14.1. The number of rotatable bonds is 3. The highest BCUT2D eigenvalue weighted by molar-refractivity contribution is 7.12. The van der Waals surface area contributed by atoms with Crippen LogP contribution in [0, 0.1) is 12.8 Å². The predicted molar refractivity (Wildman–Crippen MR) is 89.5 cm³/mol. The fourth-order valence-electron chi connectivity index (χ4n) is 2.89. The molecule has 0 radical (unpaired) electrons. The lowest BCUT2D eigenvalue weighted by molar-refractivity contribution is -0.121. The summed E-state index contributed by atoms with van der Waals surface area (Å²) in [5.74, 6) is 0.489. The van der Waals surface area contributed by atoms with E-state index in [9.17, 15) is 9.59 Å². The molecule has 0 aliphatic carbocycles. The van der Waals surface area contributed by atoms with Crippen LogP contribution in [0.25, 0.3) is 0 Å². The van der Waals surface area contributed by atoms with Crippen LogP contribution < -0.4 is 5.32 Å². The van der Waals surface area contributed by atoms with E-state index in [0.717, 1.165) is 23.4 Å². The highest BCUT2D eigenvalue weighted by atomic mass is 32.1. The molecule has 7 heteroatoms. The van der Waals surface area contributed by atoms with Gasteiger partial charge < -0.3 is 10.2 Å². The van der Waals surface area contributed by atoms with Crippen molar-refractivity contribution in [2.24, 2.45) is 13.0 Å². The van der Waals surface area contributed by atoms with Crippen LogP contribution in [-0.4, -0.2) is 39.6 Å². The summed E-state index contributed by atoms with van der Waals surface area (Å²) in [5.41, 5.74) is 0.862. The average molecular weight is 332 g/mol. The van der Waals surface area contributed by atoms with Crippen LogP contribution in [0.2, 0.25) is 0 Å². The first kappa shape index (κ1) is 15.7. The standard InChI is InChI=1S/C16H20N4O2S/c1-11-9-14(19(2)18-11)17-15(21)12-5-3-7-20(10-12)16(22)13-6-4-8-23-13/h4,6,8-9,12H,3,5,7,10H2,1-2H3,(H,17,21)/t12-/m0/s1. The average Bonchev–Trinajstić information content (AvgIpc) is 3.17. The highest BCUT2D eigenvalue weighted by Gasteiger charge is 2.29. The van der Waals surface area contributed by atoms with Crippen LogP contribution >= 0.6 is 11.3 Å². The van der Waals surface area contributed by atoms with Crippen molar-refractivity contribution in [2.75, 3.05) is 18.4 Å². The molecule has 122 valence electrons. The van der Waals surface area contributed by atoms with Crippen molar-refractivity contribution in [1.29, 1.82) is 0 Å². The van der Waals surface area contributed by atoms with E-state index in [-0.39, 0.29) is 17.7 Å². The Bertz CT molecular complexity index is 708. The molecular formula is C16H20N4O2S. The van der Waals surface area contributed by atoms with E-state index in [1.54, 1.807) is 16.6 Å². The molecule has 1 fully saturated rings. The summed E-state index contributed by atoms with van der Waals surface area (Å²) >= 11 is 1.44. The first-order chi connectivity index (χ1) is 11.0. The second-order valence-electron chi connectivity index (χ2n) is 5.85. The monoisotopic (exact) mass is 332 g/mol. The van der Waals surface area contributed by atoms with E-state index in [1.807, 2.05) is 30.5 Å². The van der Waals surface area contributed by atoms with Gasteiger partial charge in [-0.25, -0.2) is 0 Å². The Morgan fingerprint density at radius 3 is 2.91 bits per heavy atom. The van der Waals surface area contributed by atoms with E-state index in [1.165, 1.54) is 11.3 Å². The zero-order valence-electron chi connectivity index (χ0n) is 13.3. The number of carbonyl (C=O) groups excluding carboxylic acids is 2. The number of carbonyl (C=O) groups is 2. The quantitative estimate of drug-likeness (QED) is 0.938. The number of nitrogens with one attached hydrogen (secondary N) is 1. The molecule has 3 heterocycles. The Morgan fingerprint density at radius 2 is 2.26 bits per heavy atom. The molecule has 1 N–H and O–H groups in total. The molecule has 3 rings (SSSR count). The van der Waals surface area contributed by atoms with Gasteiger partial charge in [-0.05, 0) is 31.2 Å². The summed E-state index contributed by atoms with van der Waals surface area (Å²) < 4.78 is 1.66. The minimum Gasteiger partial charge on any atom is -0.337 e. The largest absolute Gasteiger partial charge is 0.337 e. The molecule has 2 amide bonds. The summed E-state index contributed by atoms with van der Waals surface area (Å²) in [6.45, 7) is 3.07. The van der Waals surface area contributed by atoms with Gasteiger partial charge in [-0.15, -0.1) is 11.3 Å². The molecule has 23 heavy (non-hydrogen) atoms. The van der Waals surface area contributed by atoms with Gasteiger partial charge >= 0.3 is 0 Å². The van der Waals surface area contributed by atoms with E-state index in [0.29, 0.717) is 18.9 Å². The van der Waals surface area contributed by atoms with E-state index in [4.69, 9.17) is 0 Å². The molecular weight excluding hydrogens is 312 g/mol. The zero-order chi connectivity index (χ0) is 16.4. The van der Waals surface area contributed by atoms with Crippen LogP contribution in [0.4, 0.5) is 5.82 Å². The molecule has 0 unspecified atom stereocenters. The SMILES string of the molecule is Cc1cc(NC(=O)[C@H]2CCCN(C(=O)c3cccs3)C2)n(C)n1. The molecule has 0 spiro atoms. The maximum Gasteiger partial charge on any atom is 0.263 e. The molecule has 2 aromatic heterocycles. The Morgan fingerprint density at radius 1 is 1.43 bits per heavy atom. The third kappa shape index (κ3) is 3.44. The number of nitrogens with zero attached hydrogens (tertiary/aromatic N) is 3. The number of piperidine rings is 1. The van der Waals surface area contributed by atoms with Gasteiger partial charge in [0.15, 0.2) is 0 Å². The molecule has 1 atom stereocenters. The highest BCUT2D eigenvalue weighted by Crippen LogP contribution is 2.22. The Balaban J connectivity index is 1.65. The Kier molecular flexibility index (Phi) is 4.47. The van der Waals surface area contributed by atoms with Crippen LogP contribution in [0.5, 0.6) is 0 Å². The van der Waals surface area contributed by atoms with Crippen molar-refractivity contribution in [3.63, 3.8) is 0 Å². The number of aromatic nitrogens is 2. The smallest absolute Gasteiger partial charge is 0.263 e. The maximum atomic E-state index is 12.5. The normalized spacial score (nSPS) is 18.0. The number of hydrogen-bond acceptors (Lipinski definition) is 4. The number of thiophene rings is 1. The fraction of sp³-hybridized carbons (Fsp3) is 0.438. The van der Waals surface area contributed by atoms with Crippen molar-refractivity contribution in [3.05, 3.63) is 34.2 Å². The second-order valence-corrected chi connectivity index (χ2v) is 6.80. The summed E-state index contributed by atoms with van der Waals surface area (Å²) in [7, 11) is 1.80. The number of amides is 2. The van der Waals surface area contributed by atoms with Crippen LogP contribution in [0.1, 0.15) is 28.2 Å². The van der Waals surface area contributed by atoms with E-state index >= 15 is 0 Å². The summed E-state index contributed by atoms with van der Waals surface area (Å²) in [5, 5.41) is 9.04. The number of hydrogen-bond donors (Lipinski definition) is 1. The van der Waals surface area contributed by atoms with Crippen molar-refractivity contribution in [2.45, 2.75) is 19.8 Å².